The molecule has 3 rings (SSSR count). The highest BCUT2D eigenvalue weighted by molar-refractivity contribution is 5.96. The summed E-state index contributed by atoms with van der Waals surface area (Å²) in [7, 11) is 0. The Morgan fingerprint density at radius 1 is 0.966 bits per heavy atom. The lowest BCUT2D eigenvalue weighted by atomic mass is 10.3. The van der Waals surface area contributed by atoms with Crippen molar-refractivity contribution >= 4 is 23.3 Å². The van der Waals surface area contributed by atoms with E-state index < -0.39 is 41.1 Å². The van der Waals surface area contributed by atoms with Crippen LogP contribution in [0.1, 0.15) is 10.5 Å². The number of aromatic nitrogens is 2. The number of anilines is 2. The number of hydrogen-bond acceptors (Lipinski definition) is 7. The van der Waals surface area contributed by atoms with Gasteiger partial charge in [0.05, 0.1) is 0 Å². The number of benzene rings is 2. The quantitative estimate of drug-likeness (QED) is 0.457. The van der Waals surface area contributed by atoms with Crippen molar-refractivity contribution < 1.29 is 19.1 Å². The van der Waals surface area contributed by atoms with Crippen LogP contribution >= 0.6 is 0 Å². The Balaban J connectivity index is 1.60. The Bertz CT molecular complexity index is 1150. The van der Waals surface area contributed by atoms with Crippen LogP contribution in [0.3, 0.4) is 0 Å². The second-order valence-corrected chi connectivity index (χ2v) is 5.76. The number of carbonyl (C=O) groups is 2. The molecule has 10 heteroatoms. The molecule has 0 saturated carbocycles. The molecule has 0 aliphatic heterocycles. The molecule has 0 aliphatic rings. The minimum absolute atomic E-state index is 0.420. The van der Waals surface area contributed by atoms with Crippen LogP contribution in [0.2, 0.25) is 0 Å². The van der Waals surface area contributed by atoms with Crippen LogP contribution in [-0.4, -0.2) is 28.5 Å². The Hall–Kier alpha value is -4.34. The zero-order valence-electron chi connectivity index (χ0n) is 14.9. The SMILES string of the molecule is Nc1c(C(=O)OCC(=O)Nc2cccc(Oc3ccccc3)c2)[nH]c(=O)[nH]c1=O. The van der Waals surface area contributed by atoms with Gasteiger partial charge in [-0.3, -0.25) is 19.6 Å². The third kappa shape index (κ3) is 5.10. The van der Waals surface area contributed by atoms with Crippen molar-refractivity contribution in [3.05, 3.63) is 81.1 Å². The molecular formula is C19H16N4O6. The van der Waals surface area contributed by atoms with Gasteiger partial charge in [0, 0.05) is 11.8 Å². The van der Waals surface area contributed by atoms with Gasteiger partial charge in [-0.05, 0) is 24.3 Å². The molecule has 0 spiro atoms. The molecule has 29 heavy (non-hydrogen) atoms. The van der Waals surface area contributed by atoms with Gasteiger partial charge in [-0.2, -0.15) is 0 Å². The van der Waals surface area contributed by atoms with Crippen LogP contribution < -0.4 is 27.0 Å². The predicted octanol–water partition coefficient (Wildman–Crippen LogP) is 1.23. The third-order valence-electron chi connectivity index (χ3n) is 3.61. The van der Waals surface area contributed by atoms with Gasteiger partial charge in [0.15, 0.2) is 12.3 Å². The number of para-hydroxylation sites is 1. The number of hydrogen-bond donors (Lipinski definition) is 4. The summed E-state index contributed by atoms with van der Waals surface area (Å²) in [4.78, 5) is 50.6. The number of rotatable bonds is 6. The van der Waals surface area contributed by atoms with Crippen molar-refractivity contribution in [3.63, 3.8) is 0 Å². The summed E-state index contributed by atoms with van der Waals surface area (Å²) in [6.45, 7) is -0.656. The lowest BCUT2D eigenvalue weighted by Gasteiger charge is -2.09. The molecule has 1 amide bonds. The number of carbonyl (C=O) groups excluding carboxylic acids is 2. The van der Waals surface area contributed by atoms with Gasteiger partial charge in [0.1, 0.15) is 17.2 Å². The van der Waals surface area contributed by atoms with Gasteiger partial charge < -0.3 is 20.5 Å². The van der Waals surface area contributed by atoms with Crippen LogP contribution in [0.4, 0.5) is 11.4 Å². The summed E-state index contributed by atoms with van der Waals surface area (Å²) < 4.78 is 10.5. The molecule has 0 saturated heterocycles. The molecule has 0 atom stereocenters. The predicted molar refractivity (Wildman–Crippen MR) is 104 cm³/mol. The molecule has 5 N–H and O–H groups in total. The molecule has 1 heterocycles. The van der Waals surface area contributed by atoms with Crippen molar-refractivity contribution in [2.45, 2.75) is 0 Å². The van der Waals surface area contributed by atoms with Crippen LogP contribution in [0.5, 0.6) is 11.5 Å². The van der Waals surface area contributed by atoms with Crippen LogP contribution in [0.25, 0.3) is 0 Å². The maximum absolute atomic E-state index is 12.0. The van der Waals surface area contributed by atoms with Gasteiger partial charge >= 0.3 is 11.7 Å². The molecule has 0 bridgehead atoms. The number of nitrogen functional groups attached to an aromatic ring is 1. The van der Waals surface area contributed by atoms with Crippen molar-refractivity contribution in [1.82, 2.24) is 9.97 Å². The molecule has 148 valence electrons. The summed E-state index contributed by atoms with van der Waals surface area (Å²) in [6, 6.07) is 15.7. The van der Waals surface area contributed by atoms with Gasteiger partial charge in [0.25, 0.3) is 11.5 Å². The number of nitrogens with one attached hydrogen (secondary N) is 3. The molecule has 0 aliphatic carbocycles. The summed E-state index contributed by atoms with van der Waals surface area (Å²) in [5.41, 5.74) is 2.97. The van der Waals surface area contributed by atoms with E-state index in [2.05, 4.69) is 10.3 Å². The Morgan fingerprint density at radius 3 is 2.45 bits per heavy atom. The highest BCUT2D eigenvalue weighted by Crippen LogP contribution is 2.23. The summed E-state index contributed by atoms with van der Waals surface area (Å²) >= 11 is 0. The number of ether oxygens (including phenoxy) is 2. The molecular weight excluding hydrogens is 380 g/mol. The number of H-pyrrole nitrogens is 2. The van der Waals surface area contributed by atoms with Gasteiger partial charge in [-0.1, -0.05) is 24.3 Å². The molecule has 1 aromatic heterocycles. The monoisotopic (exact) mass is 396 g/mol. The first kappa shape index (κ1) is 19.4. The highest BCUT2D eigenvalue weighted by Gasteiger charge is 2.17. The zero-order valence-corrected chi connectivity index (χ0v) is 14.9. The average molecular weight is 396 g/mol. The second kappa shape index (κ2) is 8.57. The standard InChI is InChI=1S/C19H16N4O6/c20-15-16(22-19(27)23-17(15)25)18(26)28-10-14(24)21-11-5-4-8-13(9-11)29-12-6-2-1-3-7-12/h1-9H,10,20H2,(H,21,24)(H2,22,23,25,27). The first-order valence-electron chi connectivity index (χ1n) is 8.34. The first-order chi connectivity index (χ1) is 13.9. The Kier molecular flexibility index (Phi) is 5.74. The maximum Gasteiger partial charge on any atom is 0.357 e. The minimum Gasteiger partial charge on any atom is -0.457 e. The van der Waals surface area contributed by atoms with Crippen molar-refractivity contribution in [2.75, 3.05) is 17.7 Å². The molecule has 3 aromatic rings. The van der Waals surface area contributed by atoms with E-state index in [0.717, 1.165) is 0 Å². The largest absolute Gasteiger partial charge is 0.457 e. The minimum atomic E-state index is -1.11. The van der Waals surface area contributed by atoms with Crippen LogP contribution in [-0.2, 0) is 9.53 Å². The lowest BCUT2D eigenvalue weighted by molar-refractivity contribution is -0.119. The van der Waals surface area contributed by atoms with Gasteiger partial charge in [-0.25, -0.2) is 9.59 Å². The maximum atomic E-state index is 12.0. The van der Waals surface area contributed by atoms with E-state index in [-0.39, 0.29) is 0 Å². The fourth-order valence-corrected chi connectivity index (χ4v) is 2.32. The summed E-state index contributed by atoms with van der Waals surface area (Å²) in [6.07, 6.45) is 0. The number of esters is 1. The summed E-state index contributed by atoms with van der Waals surface area (Å²) in [5, 5.41) is 2.55. The molecule has 0 unspecified atom stereocenters. The third-order valence-corrected chi connectivity index (χ3v) is 3.61. The Morgan fingerprint density at radius 2 is 1.69 bits per heavy atom. The fourth-order valence-electron chi connectivity index (χ4n) is 2.32. The van der Waals surface area contributed by atoms with E-state index in [4.69, 9.17) is 15.2 Å². The fraction of sp³-hybridized carbons (Fsp3) is 0.0526. The molecule has 2 aromatic carbocycles. The Labute approximate surface area is 163 Å². The molecule has 0 fully saturated rings. The van der Waals surface area contributed by atoms with E-state index in [9.17, 15) is 19.2 Å². The van der Waals surface area contributed by atoms with Crippen molar-refractivity contribution in [3.8, 4) is 11.5 Å². The van der Waals surface area contributed by atoms with Crippen molar-refractivity contribution in [2.24, 2.45) is 0 Å². The van der Waals surface area contributed by atoms with E-state index in [1.54, 1.807) is 36.4 Å². The van der Waals surface area contributed by atoms with Gasteiger partial charge in [-0.15, -0.1) is 0 Å². The highest BCUT2D eigenvalue weighted by atomic mass is 16.5. The van der Waals surface area contributed by atoms with E-state index in [0.29, 0.717) is 17.2 Å². The van der Waals surface area contributed by atoms with E-state index >= 15 is 0 Å². The first-order valence-corrected chi connectivity index (χ1v) is 8.34. The zero-order chi connectivity index (χ0) is 20.8. The number of nitrogens with two attached hydrogens (primary N) is 1. The molecule has 10 nitrogen and oxygen atoms in total. The van der Waals surface area contributed by atoms with Gasteiger partial charge in [0.2, 0.25) is 0 Å². The smallest absolute Gasteiger partial charge is 0.357 e. The molecule has 0 radical (unpaired) electrons. The normalized spacial score (nSPS) is 10.2. The van der Waals surface area contributed by atoms with E-state index in [1.165, 1.54) is 0 Å². The topological polar surface area (TPSA) is 156 Å². The average Bonchev–Trinajstić information content (AvgIpc) is 2.70. The van der Waals surface area contributed by atoms with E-state index in [1.807, 2.05) is 23.2 Å². The summed E-state index contributed by atoms with van der Waals surface area (Å²) in [5.74, 6) is -0.614. The van der Waals surface area contributed by atoms with Crippen LogP contribution in [0.15, 0.2) is 64.2 Å². The number of aromatic amines is 2. The lowest BCUT2D eigenvalue weighted by Crippen LogP contribution is -2.30. The van der Waals surface area contributed by atoms with Crippen LogP contribution in [0, 0.1) is 0 Å². The second-order valence-electron chi connectivity index (χ2n) is 5.76. The number of amides is 1. The van der Waals surface area contributed by atoms with Crippen molar-refractivity contribution in [1.29, 1.82) is 0 Å².